The van der Waals surface area contributed by atoms with Crippen LogP contribution >= 0.6 is 0 Å². The van der Waals surface area contributed by atoms with Gasteiger partial charge < -0.3 is 13.6 Å². The van der Waals surface area contributed by atoms with Gasteiger partial charge >= 0.3 is 5.97 Å². The van der Waals surface area contributed by atoms with Crippen LogP contribution in [0.3, 0.4) is 0 Å². The van der Waals surface area contributed by atoms with Gasteiger partial charge in [-0.15, -0.1) is 0 Å². The molecule has 2 heterocycles. The lowest BCUT2D eigenvalue weighted by Gasteiger charge is -2.10. The first kappa shape index (κ1) is 15.9. The van der Waals surface area contributed by atoms with Crippen molar-refractivity contribution in [3.8, 4) is 17.3 Å². The smallest absolute Gasteiger partial charge is 0.344 e. The number of carbonyl (C=O) groups is 1. The maximum absolute atomic E-state index is 12.9. The average Bonchev–Trinajstić information content (AvgIpc) is 3.18. The fourth-order valence-corrected chi connectivity index (χ4v) is 2.74. The van der Waals surface area contributed by atoms with Crippen LogP contribution in [0.1, 0.15) is 15.9 Å². The van der Waals surface area contributed by atoms with E-state index in [1.165, 1.54) is 6.26 Å². The minimum Gasteiger partial charge on any atom is -0.461 e. The van der Waals surface area contributed by atoms with Crippen LogP contribution < -0.4 is 10.2 Å². The Morgan fingerprint density at radius 3 is 2.50 bits per heavy atom. The molecule has 0 amide bonds. The van der Waals surface area contributed by atoms with Crippen molar-refractivity contribution < 1.29 is 18.4 Å². The Morgan fingerprint density at radius 2 is 1.73 bits per heavy atom. The molecule has 0 aliphatic carbocycles. The third-order valence-corrected chi connectivity index (χ3v) is 4.06. The zero-order chi connectivity index (χ0) is 18.1. The predicted molar refractivity (Wildman–Crippen MR) is 96.3 cm³/mol. The Labute approximate surface area is 148 Å². The van der Waals surface area contributed by atoms with Crippen LogP contribution in [0, 0.1) is 6.92 Å². The molecule has 2 aromatic carbocycles. The van der Waals surface area contributed by atoms with Crippen molar-refractivity contribution in [2.24, 2.45) is 0 Å². The zero-order valence-corrected chi connectivity index (χ0v) is 13.9. The summed E-state index contributed by atoms with van der Waals surface area (Å²) < 4.78 is 16.6. The van der Waals surface area contributed by atoms with Crippen LogP contribution in [-0.4, -0.2) is 5.97 Å². The molecule has 26 heavy (non-hydrogen) atoms. The van der Waals surface area contributed by atoms with Crippen LogP contribution in [0.15, 0.2) is 80.6 Å². The van der Waals surface area contributed by atoms with Gasteiger partial charge in [-0.05, 0) is 42.8 Å². The average molecular weight is 346 g/mol. The summed E-state index contributed by atoms with van der Waals surface area (Å²) in [6.07, 6.45) is 1.46. The molecule has 0 fully saturated rings. The molecular weight excluding hydrogens is 332 g/mol. The van der Waals surface area contributed by atoms with Crippen LogP contribution in [0.2, 0.25) is 0 Å². The number of esters is 1. The van der Waals surface area contributed by atoms with E-state index in [1.54, 1.807) is 61.5 Å². The van der Waals surface area contributed by atoms with Gasteiger partial charge in [0.05, 0.1) is 17.2 Å². The normalized spacial score (nSPS) is 10.8. The van der Waals surface area contributed by atoms with Crippen LogP contribution in [0.25, 0.3) is 22.5 Å². The summed E-state index contributed by atoms with van der Waals surface area (Å²) in [6, 6.07) is 17.1. The van der Waals surface area contributed by atoms with E-state index >= 15 is 0 Å². The number of ether oxygens (including phenoxy) is 1. The molecule has 0 saturated carbocycles. The Kier molecular flexibility index (Phi) is 3.89. The van der Waals surface area contributed by atoms with E-state index < -0.39 is 11.4 Å². The number of hydrogen-bond acceptors (Lipinski definition) is 5. The Bertz CT molecular complexity index is 1150. The largest absolute Gasteiger partial charge is 0.461 e. The van der Waals surface area contributed by atoms with E-state index in [9.17, 15) is 9.59 Å². The minimum absolute atomic E-state index is 0.0839. The third-order valence-electron chi connectivity index (χ3n) is 4.06. The molecule has 0 radical (unpaired) electrons. The molecule has 0 spiro atoms. The van der Waals surface area contributed by atoms with Crippen molar-refractivity contribution in [1.29, 1.82) is 0 Å². The molecule has 5 heteroatoms. The van der Waals surface area contributed by atoms with Gasteiger partial charge in [0, 0.05) is 0 Å². The van der Waals surface area contributed by atoms with Crippen LogP contribution in [-0.2, 0) is 0 Å². The number of aryl methyl sites for hydroxylation is 1. The van der Waals surface area contributed by atoms with E-state index in [-0.39, 0.29) is 11.5 Å². The lowest BCUT2D eigenvalue weighted by atomic mass is 10.1. The summed E-state index contributed by atoms with van der Waals surface area (Å²) in [5.74, 6) is -0.425. The Morgan fingerprint density at radius 1 is 0.962 bits per heavy atom. The van der Waals surface area contributed by atoms with E-state index in [1.807, 2.05) is 6.07 Å². The molecule has 4 rings (SSSR count). The maximum atomic E-state index is 12.9. The first-order valence-electron chi connectivity index (χ1n) is 8.02. The highest BCUT2D eigenvalue weighted by atomic mass is 16.5. The van der Waals surface area contributed by atoms with Crippen LogP contribution in [0.5, 0.6) is 5.75 Å². The van der Waals surface area contributed by atoms with E-state index in [4.69, 9.17) is 13.6 Å². The monoisotopic (exact) mass is 346 g/mol. The molecule has 0 N–H and O–H groups in total. The van der Waals surface area contributed by atoms with Gasteiger partial charge in [0.2, 0.25) is 16.9 Å². The first-order valence-corrected chi connectivity index (χ1v) is 8.02. The highest BCUT2D eigenvalue weighted by molar-refractivity contribution is 5.94. The SMILES string of the molecule is Cc1ccccc1C(=O)Oc1c(-c2ccco2)oc2ccccc2c1=O. The highest BCUT2D eigenvalue weighted by Gasteiger charge is 2.23. The number of fused-ring (bicyclic) bond motifs is 1. The summed E-state index contributed by atoms with van der Waals surface area (Å²) in [5.41, 5.74) is 1.09. The molecule has 2 aromatic heterocycles. The first-order chi connectivity index (χ1) is 12.6. The van der Waals surface area contributed by atoms with Gasteiger partial charge in [-0.2, -0.15) is 0 Å². The Balaban J connectivity index is 1.89. The molecule has 128 valence electrons. The summed E-state index contributed by atoms with van der Waals surface area (Å²) >= 11 is 0. The molecule has 0 unspecified atom stereocenters. The van der Waals surface area contributed by atoms with E-state index in [2.05, 4.69) is 0 Å². The summed E-state index contributed by atoms with van der Waals surface area (Å²) in [5, 5.41) is 0.329. The standard InChI is InChI=1S/C21H14O5/c1-13-7-2-3-8-14(13)21(23)26-20-18(22)15-9-4-5-10-16(15)25-19(20)17-11-6-12-24-17/h2-12H,1H3. The fraction of sp³-hybridized carbons (Fsp3) is 0.0476. The van der Waals surface area contributed by atoms with Crippen molar-refractivity contribution in [2.75, 3.05) is 0 Å². The Hall–Kier alpha value is -3.60. The molecule has 0 saturated heterocycles. The molecule has 0 atom stereocenters. The van der Waals surface area contributed by atoms with Crippen molar-refractivity contribution >= 4 is 16.9 Å². The summed E-state index contributed by atoms with van der Waals surface area (Å²) in [4.78, 5) is 25.5. The lowest BCUT2D eigenvalue weighted by Crippen LogP contribution is -2.17. The summed E-state index contributed by atoms with van der Waals surface area (Å²) in [7, 11) is 0. The second kappa shape index (κ2) is 6.37. The predicted octanol–water partition coefficient (Wildman–Crippen LogP) is 4.58. The quantitative estimate of drug-likeness (QED) is 0.508. The van der Waals surface area contributed by atoms with Gasteiger partial charge in [0.25, 0.3) is 0 Å². The number of hydrogen-bond donors (Lipinski definition) is 0. The number of carbonyl (C=O) groups excluding carboxylic acids is 1. The summed E-state index contributed by atoms with van der Waals surface area (Å²) in [6.45, 7) is 1.80. The van der Waals surface area contributed by atoms with E-state index in [0.29, 0.717) is 22.3 Å². The third kappa shape index (κ3) is 2.69. The molecule has 5 nitrogen and oxygen atoms in total. The number of para-hydroxylation sites is 1. The van der Waals surface area contributed by atoms with Crippen LogP contribution in [0.4, 0.5) is 0 Å². The minimum atomic E-state index is -0.626. The molecular formula is C21H14O5. The lowest BCUT2D eigenvalue weighted by molar-refractivity contribution is 0.0730. The van der Waals surface area contributed by atoms with Crippen molar-refractivity contribution in [3.05, 3.63) is 88.3 Å². The maximum Gasteiger partial charge on any atom is 0.344 e. The molecule has 0 bridgehead atoms. The van der Waals surface area contributed by atoms with Gasteiger partial charge in [0.1, 0.15) is 5.58 Å². The van der Waals surface area contributed by atoms with Gasteiger partial charge in [0.15, 0.2) is 5.76 Å². The van der Waals surface area contributed by atoms with Gasteiger partial charge in [-0.1, -0.05) is 30.3 Å². The number of furan rings is 1. The number of rotatable bonds is 3. The molecule has 0 aliphatic heterocycles. The van der Waals surface area contributed by atoms with Crippen molar-refractivity contribution in [2.45, 2.75) is 6.92 Å². The fourth-order valence-electron chi connectivity index (χ4n) is 2.74. The zero-order valence-electron chi connectivity index (χ0n) is 13.9. The highest BCUT2D eigenvalue weighted by Crippen LogP contribution is 2.31. The second-order valence-electron chi connectivity index (χ2n) is 5.77. The molecule has 4 aromatic rings. The van der Waals surface area contributed by atoms with Gasteiger partial charge in [-0.3, -0.25) is 4.79 Å². The van der Waals surface area contributed by atoms with Crippen molar-refractivity contribution in [1.82, 2.24) is 0 Å². The van der Waals surface area contributed by atoms with Gasteiger partial charge in [-0.25, -0.2) is 4.79 Å². The molecule has 0 aliphatic rings. The van der Waals surface area contributed by atoms with E-state index in [0.717, 1.165) is 5.56 Å². The second-order valence-corrected chi connectivity index (χ2v) is 5.77. The topological polar surface area (TPSA) is 69.7 Å². The van der Waals surface area contributed by atoms with Crippen molar-refractivity contribution in [3.63, 3.8) is 0 Å². The number of benzene rings is 2.